The Kier molecular flexibility index (Phi) is 8.50. The van der Waals surface area contributed by atoms with Crippen LogP contribution in [0.2, 0.25) is 0 Å². The Morgan fingerprint density at radius 2 is 1.89 bits per heavy atom. The molecular weight excluding hydrogens is 472 g/mol. The number of carbonyl (C=O) groups is 2. The van der Waals surface area contributed by atoms with Gasteiger partial charge in [0.25, 0.3) is 11.7 Å². The molecule has 1 saturated heterocycles. The molecule has 0 spiro atoms. The maximum absolute atomic E-state index is 13.3. The van der Waals surface area contributed by atoms with Crippen LogP contribution in [0.4, 0.5) is 0 Å². The summed E-state index contributed by atoms with van der Waals surface area (Å²) in [6.45, 7) is 12.0. The molecule has 37 heavy (non-hydrogen) atoms. The highest BCUT2D eigenvalue weighted by atomic mass is 16.6. The van der Waals surface area contributed by atoms with Crippen LogP contribution in [0.5, 0.6) is 17.2 Å². The quantitative estimate of drug-likeness (QED) is 0.212. The van der Waals surface area contributed by atoms with Crippen molar-refractivity contribution in [2.45, 2.75) is 26.3 Å². The zero-order chi connectivity index (χ0) is 26.4. The zero-order valence-electron chi connectivity index (χ0n) is 21.4. The zero-order valence-corrected chi connectivity index (χ0v) is 21.4. The maximum atomic E-state index is 13.3. The highest BCUT2D eigenvalue weighted by Gasteiger charge is 2.46. The van der Waals surface area contributed by atoms with E-state index in [2.05, 4.69) is 25.3 Å². The first-order valence-corrected chi connectivity index (χ1v) is 12.7. The third-order valence-electron chi connectivity index (χ3n) is 6.67. The van der Waals surface area contributed by atoms with E-state index < -0.39 is 17.7 Å². The number of rotatable bonds is 11. The first-order valence-electron chi connectivity index (χ1n) is 12.7. The molecule has 0 radical (unpaired) electrons. The van der Waals surface area contributed by atoms with Gasteiger partial charge in [-0.25, -0.2) is 0 Å². The summed E-state index contributed by atoms with van der Waals surface area (Å²) in [4.78, 5) is 30.4. The fourth-order valence-corrected chi connectivity index (χ4v) is 4.74. The molecule has 0 unspecified atom stereocenters. The van der Waals surface area contributed by atoms with Crippen molar-refractivity contribution in [3.05, 3.63) is 71.8 Å². The number of nitrogens with zero attached hydrogens (tertiary/aromatic N) is 2. The summed E-state index contributed by atoms with van der Waals surface area (Å²) in [6.07, 6.45) is 2.34. The summed E-state index contributed by atoms with van der Waals surface area (Å²) in [7, 11) is 0. The Morgan fingerprint density at radius 1 is 1.14 bits per heavy atom. The molecule has 8 nitrogen and oxygen atoms in total. The van der Waals surface area contributed by atoms with Gasteiger partial charge >= 0.3 is 0 Å². The number of fused-ring (bicyclic) bond motifs is 1. The number of Topliss-reactive ketones (excluding diaryl/α,β-unsaturated/α-hetero) is 1. The van der Waals surface area contributed by atoms with Gasteiger partial charge in [0.2, 0.25) is 0 Å². The first kappa shape index (κ1) is 26.3. The summed E-state index contributed by atoms with van der Waals surface area (Å²) in [6, 6.07) is 11.5. The molecule has 2 aromatic rings. The number of aliphatic hydroxyl groups is 1. The van der Waals surface area contributed by atoms with Gasteiger partial charge in [0.05, 0.1) is 11.6 Å². The molecule has 196 valence electrons. The molecule has 0 aliphatic carbocycles. The monoisotopic (exact) mass is 506 g/mol. The lowest BCUT2D eigenvalue weighted by molar-refractivity contribution is -0.140. The van der Waals surface area contributed by atoms with Crippen LogP contribution >= 0.6 is 0 Å². The van der Waals surface area contributed by atoms with E-state index in [-0.39, 0.29) is 11.3 Å². The van der Waals surface area contributed by atoms with E-state index >= 15 is 0 Å². The number of carbonyl (C=O) groups excluding carboxylic acids is 2. The largest absolute Gasteiger partial charge is 0.507 e. The summed E-state index contributed by atoms with van der Waals surface area (Å²) >= 11 is 0. The van der Waals surface area contributed by atoms with Gasteiger partial charge in [-0.05, 0) is 62.0 Å². The van der Waals surface area contributed by atoms with E-state index in [0.29, 0.717) is 61.2 Å². The van der Waals surface area contributed by atoms with Crippen molar-refractivity contribution in [2.75, 3.05) is 46.0 Å². The van der Waals surface area contributed by atoms with E-state index in [9.17, 15) is 14.7 Å². The van der Waals surface area contributed by atoms with Crippen LogP contribution in [-0.2, 0) is 9.59 Å². The predicted octanol–water partition coefficient (Wildman–Crippen LogP) is 4.18. The average Bonchev–Trinajstić information content (AvgIpc) is 3.18. The second-order valence-corrected chi connectivity index (χ2v) is 8.90. The van der Waals surface area contributed by atoms with Crippen LogP contribution in [0.1, 0.15) is 37.4 Å². The Bertz CT molecular complexity index is 1190. The number of ether oxygens (including phenoxy) is 3. The Morgan fingerprint density at radius 3 is 2.62 bits per heavy atom. The molecule has 1 N–H and O–H groups in total. The summed E-state index contributed by atoms with van der Waals surface area (Å²) in [5.74, 6) is 0.0662. The number of amides is 1. The minimum atomic E-state index is -0.753. The Hall–Kier alpha value is -3.78. The minimum absolute atomic E-state index is 0.0467. The molecule has 0 aromatic heterocycles. The maximum Gasteiger partial charge on any atom is 0.295 e. The van der Waals surface area contributed by atoms with Gasteiger partial charge in [-0.1, -0.05) is 38.6 Å². The molecule has 1 atom stereocenters. The molecule has 2 aliphatic rings. The van der Waals surface area contributed by atoms with Crippen LogP contribution in [0.25, 0.3) is 5.76 Å². The van der Waals surface area contributed by atoms with E-state index in [1.54, 1.807) is 41.3 Å². The minimum Gasteiger partial charge on any atom is -0.507 e. The highest BCUT2D eigenvalue weighted by Crippen LogP contribution is 2.41. The molecule has 1 fully saturated rings. The van der Waals surface area contributed by atoms with Crippen LogP contribution < -0.4 is 14.2 Å². The van der Waals surface area contributed by atoms with Crippen LogP contribution in [-0.4, -0.2) is 72.6 Å². The van der Waals surface area contributed by atoms with Gasteiger partial charge in [-0.2, -0.15) is 0 Å². The molecule has 2 aliphatic heterocycles. The lowest BCUT2D eigenvalue weighted by Gasteiger charge is -2.27. The normalized spacial score (nSPS) is 18.4. The lowest BCUT2D eigenvalue weighted by atomic mass is 9.95. The molecule has 8 heteroatoms. The summed E-state index contributed by atoms with van der Waals surface area (Å²) in [5, 5.41) is 11.4. The van der Waals surface area contributed by atoms with Gasteiger partial charge in [0.15, 0.2) is 11.5 Å². The predicted molar refractivity (Wildman–Crippen MR) is 141 cm³/mol. The van der Waals surface area contributed by atoms with Crippen LogP contribution in [0.15, 0.2) is 60.7 Å². The molecule has 2 heterocycles. The Labute approximate surface area is 217 Å². The van der Waals surface area contributed by atoms with Gasteiger partial charge in [0.1, 0.15) is 31.3 Å². The van der Waals surface area contributed by atoms with E-state index in [4.69, 9.17) is 14.2 Å². The van der Waals surface area contributed by atoms with Crippen molar-refractivity contribution in [2.24, 2.45) is 0 Å². The van der Waals surface area contributed by atoms with Crippen LogP contribution in [0, 0.1) is 0 Å². The van der Waals surface area contributed by atoms with Gasteiger partial charge in [0, 0.05) is 12.1 Å². The fourth-order valence-electron chi connectivity index (χ4n) is 4.74. The van der Waals surface area contributed by atoms with E-state index in [1.165, 1.54) is 0 Å². The standard InChI is InChI=1S/C29H34N2O6/c1-4-15-35-22-10-7-9-20(18-22)26-25(27(32)21-11-12-23-24(19-21)37-17-16-36-23)28(33)29(34)31(26)14-8-13-30(5-2)6-3/h4,7,9-12,18-19,26,32H,1,5-6,8,13-17H2,2-3H3/t26-/m0/s1. The summed E-state index contributed by atoms with van der Waals surface area (Å²) < 4.78 is 16.9. The van der Waals surface area contributed by atoms with Crippen molar-refractivity contribution in [1.29, 1.82) is 0 Å². The van der Waals surface area contributed by atoms with Gasteiger partial charge in [-0.15, -0.1) is 0 Å². The molecule has 2 aromatic carbocycles. The molecular formula is C29H34N2O6. The smallest absolute Gasteiger partial charge is 0.295 e. The Balaban J connectivity index is 1.75. The number of benzene rings is 2. The van der Waals surface area contributed by atoms with Gasteiger partial charge in [-0.3, -0.25) is 9.59 Å². The SMILES string of the molecule is C=CCOc1cccc([C@H]2C(=C(O)c3ccc4c(c3)OCCO4)C(=O)C(=O)N2CCCN(CC)CC)c1. The number of likely N-dealkylation sites (tertiary alicyclic amines) is 1. The first-order chi connectivity index (χ1) is 18.0. The van der Waals surface area contributed by atoms with Crippen molar-refractivity contribution in [1.82, 2.24) is 9.80 Å². The number of ketones is 1. The van der Waals surface area contributed by atoms with Crippen molar-refractivity contribution in [3.63, 3.8) is 0 Å². The number of aliphatic hydroxyl groups excluding tert-OH is 1. The molecule has 0 bridgehead atoms. The second-order valence-electron chi connectivity index (χ2n) is 8.90. The van der Waals surface area contributed by atoms with Crippen molar-refractivity contribution < 1.29 is 28.9 Å². The van der Waals surface area contributed by atoms with Gasteiger partial charge < -0.3 is 29.1 Å². The average molecular weight is 507 g/mol. The lowest BCUT2D eigenvalue weighted by Crippen LogP contribution is -2.33. The van der Waals surface area contributed by atoms with Crippen molar-refractivity contribution >= 4 is 17.4 Å². The topological polar surface area (TPSA) is 88.5 Å². The third-order valence-corrected chi connectivity index (χ3v) is 6.67. The molecule has 1 amide bonds. The number of hydrogen-bond acceptors (Lipinski definition) is 7. The summed E-state index contributed by atoms with van der Waals surface area (Å²) in [5.41, 5.74) is 1.11. The van der Waals surface area contributed by atoms with E-state index in [0.717, 1.165) is 19.6 Å². The fraction of sp³-hybridized carbons (Fsp3) is 0.379. The van der Waals surface area contributed by atoms with Crippen molar-refractivity contribution in [3.8, 4) is 17.2 Å². The van der Waals surface area contributed by atoms with Crippen LogP contribution in [0.3, 0.4) is 0 Å². The highest BCUT2D eigenvalue weighted by molar-refractivity contribution is 6.46. The molecule has 0 saturated carbocycles. The van der Waals surface area contributed by atoms with E-state index in [1.807, 2.05) is 12.1 Å². The third kappa shape index (κ3) is 5.64. The second kappa shape index (κ2) is 12.0. The number of hydrogen-bond donors (Lipinski definition) is 1. The molecule has 4 rings (SSSR count).